The van der Waals surface area contributed by atoms with Gasteiger partial charge in [-0.2, -0.15) is 0 Å². The van der Waals surface area contributed by atoms with E-state index in [0.717, 1.165) is 0 Å². The molecule has 1 heterocycles. The van der Waals surface area contributed by atoms with Crippen molar-refractivity contribution >= 4 is 24.9 Å². The summed E-state index contributed by atoms with van der Waals surface area (Å²) in [7, 11) is -1.57. The van der Waals surface area contributed by atoms with E-state index in [1.54, 1.807) is 0 Å². The highest BCUT2D eigenvalue weighted by molar-refractivity contribution is 6.41. The highest BCUT2D eigenvalue weighted by atomic mass is 16.5. The van der Waals surface area contributed by atoms with Gasteiger partial charge in [0.15, 0.2) is 0 Å². The van der Waals surface area contributed by atoms with Gasteiger partial charge in [0, 0.05) is 6.42 Å². The molecule has 0 aromatic heterocycles. The van der Waals surface area contributed by atoms with Gasteiger partial charge in [-0.25, -0.2) is 4.79 Å². The zero-order chi connectivity index (χ0) is 21.7. The topological polar surface area (TPSA) is 197 Å². The quantitative estimate of drug-likeness (QED) is 0.244. The zero-order valence-electron chi connectivity index (χ0n) is 15.7. The number of benzene rings is 1. The smallest absolute Gasteiger partial charge is 0.451 e. The van der Waals surface area contributed by atoms with Crippen molar-refractivity contribution in [1.82, 2.24) is 4.90 Å². The number of aromatic carboxylic acids is 1. The summed E-state index contributed by atoms with van der Waals surface area (Å²) < 4.78 is 5.62. The molecule has 12 heteroatoms. The van der Waals surface area contributed by atoms with Crippen molar-refractivity contribution in [3.63, 3.8) is 0 Å². The first-order valence-electron chi connectivity index (χ1n) is 9.03. The van der Waals surface area contributed by atoms with Crippen LogP contribution in [-0.4, -0.2) is 75.3 Å². The predicted octanol–water partition coefficient (Wildman–Crippen LogP) is -1.71. The summed E-state index contributed by atoms with van der Waals surface area (Å²) in [6.07, 6.45) is -0.248. The number of nitrogens with two attached hydrogens (primary N) is 2. The Morgan fingerprint density at radius 3 is 2.48 bits per heavy atom. The number of carbonyl (C=O) groups is 3. The number of carboxylic acid groups (broad SMARTS) is 1. The minimum absolute atomic E-state index is 0.0452. The van der Waals surface area contributed by atoms with E-state index in [-0.39, 0.29) is 55.9 Å². The van der Waals surface area contributed by atoms with Gasteiger partial charge >= 0.3 is 13.1 Å². The molecule has 1 saturated heterocycles. The van der Waals surface area contributed by atoms with Crippen LogP contribution in [0.4, 0.5) is 0 Å². The average Bonchev–Trinajstić information content (AvgIpc) is 2.60. The van der Waals surface area contributed by atoms with Crippen LogP contribution in [0.5, 0.6) is 11.5 Å². The highest BCUT2D eigenvalue weighted by Crippen LogP contribution is 2.34. The number of rotatable bonds is 10. The number of phenols is 1. The molecule has 158 valence electrons. The van der Waals surface area contributed by atoms with E-state index in [9.17, 15) is 24.6 Å². The standard InChI is InChI=1S/C17H24BN3O8/c19-11(16(20)24)2-4-13(22)21-7-10(8-21)29-12-3-1-9(5-6-18(27)28)15(23)14(12)17(25)26/h1,3,10-11,23,27-28H,2,4-8,19H2,(H2,20,24)(H,25,26)/t11-/m1/s1. The fourth-order valence-corrected chi connectivity index (χ4v) is 2.88. The molecule has 11 nitrogen and oxygen atoms in total. The summed E-state index contributed by atoms with van der Waals surface area (Å²) in [5.74, 6) is -2.84. The van der Waals surface area contributed by atoms with Crippen LogP contribution in [0.2, 0.25) is 6.32 Å². The Labute approximate surface area is 167 Å². The molecule has 1 aliphatic rings. The van der Waals surface area contributed by atoms with Crippen molar-refractivity contribution < 1.29 is 39.4 Å². The first-order valence-corrected chi connectivity index (χ1v) is 9.03. The number of carbonyl (C=O) groups excluding carboxylic acids is 2. The third-order valence-corrected chi connectivity index (χ3v) is 4.64. The van der Waals surface area contributed by atoms with E-state index in [1.807, 2.05) is 0 Å². The lowest BCUT2D eigenvalue weighted by atomic mass is 9.82. The van der Waals surface area contributed by atoms with Crippen LogP contribution in [0.25, 0.3) is 0 Å². The first kappa shape index (κ1) is 22.5. The number of hydrogen-bond donors (Lipinski definition) is 6. The monoisotopic (exact) mass is 409 g/mol. The lowest BCUT2D eigenvalue weighted by molar-refractivity contribution is -0.140. The Hall–Kier alpha value is -2.83. The summed E-state index contributed by atoms with van der Waals surface area (Å²) in [5.41, 5.74) is 10.4. The predicted molar refractivity (Wildman–Crippen MR) is 101 cm³/mol. The van der Waals surface area contributed by atoms with Gasteiger partial charge in [-0.3, -0.25) is 9.59 Å². The molecular weight excluding hydrogens is 385 g/mol. The zero-order valence-corrected chi connectivity index (χ0v) is 15.7. The molecule has 1 fully saturated rings. The molecule has 8 N–H and O–H groups in total. The lowest BCUT2D eigenvalue weighted by Gasteiger charge is -2.39. The Morgan fingerprint density at radius 1 is 1.28 bits per heavy atom. The van der Waals surface area contributed by atoms with Crippen LogP contribution in [0.1, 0.15) is 28.8 Å². The Morgan fingerprint density at radius 2 is 1.93 bits per heavy atom. The van der Waals surface area contributed by atoms with E-state index in [4.69, 9.17) is 26.3 Å². The van der Waals surface area contributed by atoms with Gasteiger partial charge in [0.1, 0.15) is 23.2 Å². The van der Waals surface area contributed by atoms with Crippen LogP contribution in [-0.2, 0) is 16.0 Å². The van der Waals surface area contributed by atoms with Crippen molar-refractivity contribution in [3.05, 3.63) is 23.3 Å². The maximum Gasteiger partial charge on any atom is 0.451 e. The van der Waals surface area contributed by atoms with Crippen LogP contribution in [0, 0.1) is 0 Å². The van der Waals surface area contributed by atoms with Gasteiger partial charge in [0.05, 0.1) is 19.1 Å². The summed E-state index contributed by atoms with van der Waals surface area (Å²) in [5, 5.41) is 37.5. The maximum atomic E-state index is 12.0. The molecule has 1 atom stereocenters. The average molecular weight is 409 g/mol. The van der Waals surface area contributed by atoms with Crippen molar-refractivity contribution in [3.8, 4) is 11.5 Å². The molecule has 1 aromatic rings. The van der Waals surface area contributed by atoms with Crippen LogP contribution < -0.4 is 16.2 Å². The van der Waals surface area contributed by atoms with Gasteiger partial charge in [-0.15, -0.1) is 0 Å². The lowest BCUT2D eigenvalue weighted by Crippen LogP contribution is -2.56. The molecule has 0 radical (unpaired) electrons. The molecule has 29 heavy (non-hydrogen) atoms. The summed E-state index contributed by atoms with van der Waals surface area (Å²) in [4.78, 5) is 36.0. The minimum Gasteiger partial charge on any atom is -0.507 e. The number of primary amides is 1. The SMILES string of the molecule is NC(=O)[C@H](N)CCC(=O)N1CC(Oc2ccc(CCB(O)O)c(O)c2C(=O)O)C1. The van der Waals surface area contributed by atoms with E-state index < -0.39 is 42.5 Å². The largest absolute Gasteiger partial charge is 0.507 e. The van der Waals surface area contributed by atoms with Gasteiger partial charge < -0.3 is 41.4 Å². The summed E-state index contributed by atoms with van der Waals surface area (Å²) in [6, 6.07) is 1.95. The minimum atomic E-state index is -1.57. The molecule has 0 bridgehead atoms. The second kappa shape index (κ2) is 9.59. The molecule has 0 spiro atoms. The second-order valence-corrected chi connectivity index (χ2v) is 6.86. The van der Waals surface area contributed by atoms with Crippen LogP contribution in [0.3, 0.4) is 0 Å². The van der Waals surface area contributed by atoms with E-state index in [2.05, 4.69) is 0 Å². The number of amides is 2. The molecule has 1 aliphatic heterocycles. The number of aryl methyl sites for hydroxylation is 1. The fourth-order valence-electron chi connectivity index (χ4n) is 2.88. The Bertz CT molecular complexity index is 782. The molecule has 0 aliphatic carbocycles. The number of aromatic hydroxyl groups is 1. The van der Waals surface area contributed by atoms with Gasteiger partial charge in [-0.1, -0.05) is 6.07 Å². The molecule has 0 unspecified atom stereocenters. The number of carboxylic acids is 1. The molecule has 0 saturated carbocycles. The van der Waals surface area contributed by atoms with Crippen LogP contribution >= 0.6 is 0 Å². The number of ether oxygens (including phenoxy) is 1. The van der Waals surface area contributed by atoms with Gasteiger partial charge in [0.2, 0.25) is 11.8 Å². The first-order chi connectivity index (χ1) is 13.6. The normalized spacial score (nSPS) is 14.8. The molecule has 2 amide bonds. The fraction of sp³-hybridized carbons (Fsp3) is 0.471. The summed E-state index contributed by atoms with van der Waals surface area (Å²) >= 11 is 0. The van der Waals surface area contributed by atoms with Crippen molar-refractivity contribution in [2.24, 2.45) is 11.5 Å². The Kier molecular flexibility index (Phi) is 7.43. The van der Waals surface area contributed by atoms with Gasteiger partial charge in [-0.05, 0) is 30.8 Å². The Balaban J connectivity index is 1.96. The number of nitrogens with zero attached hydrogens (tertiary/aromatic N) is 1. The third-order valence-electron chi connectivity index (χ3n) is 4.64. The molecule has 2 rings (SSSR count). The van der Waals surface area contributed by atoms with Gasteiger partial charge in [0.25, 0.3) is 0 Å². The second-order valence-electron chi connectivity index (χ2n) is 6.86. The van der Waals surface area contributed by atoms with E-state index in [1.165, 1.54) is 17.0 Å². The van der Waals surface area contributed by atoms with E-state index in [0.29, 0.717) is 0 Å². The van der Waals surface area contributed by atoms with Crippen molar-refractivity contribution in [2.45, 2.75) is 37.7 Å². The number of likely N-dealkylation sites (tertiary alicyclic amines) is 1. The van der Waals surface area contributed by atoms with Crippen molar-refractivity contribution in [1.29, 1.82) is 0 Å². The van der Waals surface area contributed by atoms with Crippen molar-refractivity contribution in [2.75, 3.05) is 13.1 Å². The third kappa shape index (κ3) is 5.83. The van der Waals surface area contributed by atoms with E-state index >= 15 is 0 Å². The highest BCUT2D eigenvalue weighted by Gasteiger charge is 2.34. The summed E-state index contributed by atoms with van der Waals surface area (Å²) in [6.45, 7) is 0.450. The molecule has 1 aromatic carbocycles. The van der Waals surface area contributed by atoms with Crippen LogP contribution in [0.15, 0.2) is 12.1 Å². The number of hydrogen-bond acceptors (Lipinski definition) is 8. The molecular formula is C17H24BN3O8. The maximum absolute atomic E-state index is 12.0.